The van der Waals surface area contributed by atoms with Gasteiger partial charge in [0.1, 0.15) is 6.17 Å². The maximum Gasteiger partial charge on any atom is 0.251 e. The van der Waals surface area contributed by atoms with Crippen LogP contribution in [0.1, 0.15) is 32.8 Å². The van der Waals surface area contributed by atoms with Gasteiger partial charge in [-0.15, -0.1) is 0 Å². The lowest BCUT2D eigenvalue weighted by atomic mass is 10.0. The number of anilines is 1. The van der Waals surface area contributed by atoms with Crippen LogP contribution in [0.2, 0.25) is 0 Å². The quantitative estimate of drug-likeness (QED) is 0.836. The first kappa shape index (κ1) is 17.3. The van der Waals surface area contributed by atoms with E-state index in [-0.39, 0.29) is 18.1 Å². The molecule has 3 rings (SSSR count). The molecule has 1 aliphatic heterocycles. The second kappa shape index (κ2) is 7.56. The Hall–Kier alpha value is -2.55. The molecule has 25 heavy (non-hydrogen) atoms. The van der Waals surface area contributed by atoms with E-state index in [1.165, 1.54) is 5.56 Å². The fourth-order valence-corrected chi connectivity index (χ4v) is 3.38. The second-order valence-electron chi connectivity index (χ2n) is 6.81. The number of amides is 1. The summed E-state index contributed by atoms with van der Waals surface area (Å²) in [5.41, 5.74) is 4.32. The average molecular weight is 334 g/mol. The van der Waals surface area contributed by atoms with Gasteiger partial charge in [-0.3, -0.25) is 4.79 Å². The average Bonchev–Trinajstić information content (AvgIpc) is 2.85. The molecule has 0 aliphatic carbocycles. The van der Waals surface area contributed by atoms with Gasteiger partial charge in [0, 0.05) is 17.3 Å². The van der Waals surface area contributed by atoms with E-state index in [0.717, 1.165) is 29.7 Å². The van der Waals surface area contributed by atoms with Crippen molar-refractivity contribution in [3.63, 3.8) is 0 Å². The number of hydrogen-bond acceptors (Lipinski definition) is 2. The summed E-state index contributed by atoms with van der Waals surface area (Å²) in [6.07, 6.45) is 1.85. The summed E-state index contributed by atoms with van der Waals surface area (Å²) in [5.74, 6) is 0.145. The molecule has 3 heteroatoms. The number of nitrogens with one attached hydrogen (secondary N) is 1. The predicted octanol–water partition coefficient (Wildman–Crippen LogP) is 4.62. The number of hydrogen-bond donors (Lipinski definition) is 1. The molecule has 0 unspecified atom stereocenters. The first-order valence-electron chi connectivity index (χ1n) is 8.93. The van der Waals surface area contributed by atoms with Crippen molar-refractivity contribution in [1.82, 2.24) is 4.90 Å². The van der Waals surface area contributed by atoms with Crippen LogP contribution in [0.4, 0.5) is 5.69 Å². The van der Waals surface area contributed by atoms with E-state index < -0.39 is 0 Å². The third-order valence-electron chi connectivity index (χ3n) is 5.08. The first-order chi connectivity index (χ1) is 12.1. The number of rotatable bonds is 6. The van der Waals surface area contributed by atoms with Crippen molar-refractivity contribution in [3.8, 4) is 0 Å². The molecule has 130 valence electrons. The predicted molar refractivity (Wildman–Crippen MR) is 103 cm³/mol. The molecule has 0 radical (unpaired) electrons. The van der Waals surface area contributed by atoms with Crippen LogP contribution in [-0.4, -0.2) is 23.0 Å². The topological polar surface area (TPSA) is 32.3 Å². The molecule has 0 spiro atoms. The van der Waals surface area contributed by atoms with Crippen molar-refractivity contribution < 1.29 is 4.79 Å². The van der Waals surface area contributed by atoms with Crippen LogP contribution in [0.25, 0.3) is 0 Å². The Balaban J connectivity index is 1.74. The Bertz CT molecular complexity index is 752. The normalized spacial score (nSPS) is 18.6. The molecule has 0 aromatic heterocycles. The third-order valence-corrected chi connectivity index (χ3v) is 5.08. The first-order valence-corrected chi connectivity index (χ1v) is 8.93. The summed E-state index contributed by atoms with van der Waals surface area (Å²) >= 11 is 0. The molecule has 0 bridgehead atoms. The molecule has 0 saturated heterocycles. The standard InChI is InChI=1S/C22H26N2O/c1-16(14-15-19-10-6-4-7-11-19)24-21(17(2)18(3)22(24)25)23-20-12-8-5-9-13-20/h4-13,16,21,23H,14-15H2,1-3H3/t16-,21+/m1/s1. The van der Waals surface area contributed by atoms with Crippen LogP contribution in [0.15, 0.2) is 71.8 Å². The lowest BCUT2D eigenvalue weighted by molar-refractivity contribution is -0.128. The van der Waals surface area contributed by atoms with Gasteiger partial charge in [-0.1, -0.05) is 48.5 Å². The third kappa shape index (κ3) is 3.76. The molecule has 2 atom stereocenters. The van der Waals surface area contributed by atoms with Gasteiger partial charge in [0.25, 0.3) is 5.91 Å². The minimum atomic E-state index is -0.0688. The second-order valence-corrected chi connectivity index (χ2v) is 6.81. The summed E-state index contributed by atoms with van der Waals surface area (Å²) in [7, 11) is 0. The Morgan fingerprint density at radius 3 is 2.24 bits per heavy atom. The molecule has 2 aromatic rings. The van der Waals surface area contributed by atoms with Crippen molar-refractivity contribution in [2.24, 2.45) is 0 Å². The fraction of sp³-hybridized carbons (Fsp3) is 0.318. The number of benzene rings is 2. The van der Waals surface area contributed by atoms with E-state index in [1.807, 2.05) is 48.2 Å². The SMILES string of the molecule is CC1=C(C)[C@@H](Nc2ccccc2)N([C@H](C)CCc2ccccc2)C1=O. The Morgan fingerprint density at radius 1 is 1.00 bits per heavy atom. The Kier molecular flexibility index (Phi) is 5.22. The molecule has 0 fully saturated rings. The summed E-state index contributed by atoms with van der Waals surface area (Å²) in [6.45, 7) is 6.13. The monoisotopic (exact) mass is 334 g/mol. The highest BCUT2D eigenvalue weighted by Crippen LogP contribution is 2.29. The van der Waals surface area contributed by atoms with Crippen molar-refractivity contribution in [1.29, 1.82) is 0 Å². The maximum atomic E-state index is 12.8. The molecule has 3 nitrogen and oxygen atoms in total. The molecule has 1 N–H and O–H groups in total. The minimum absolute atomic E-state index is 0.0688. The number of nitrogens with zero attached hydrogens (tertiary/aromatic N) is 1. The highest BCUT2D eigenvalue weighted by Gasteiger charge is 2.37. The van der Waals surface area contributed by atoms with E-state index in [4.69, 9.17) is 0 Å². The summed E-state index contributed by atoms with van der Waals surface area (Å²) < 4.78 is 0. The highest BCUT2D eigenvalue weighted by molar-refractivity contribution is 5.97. The lowest BCUT2D eigenvalue weighted by Gasteiger charge is -2.33. The smallest absolute Gasteiger partial charge is 0.251 e. The Labute approximate surface area is 150 Å². The molecule has 2 aromatic carbocycles. The molecule has 1 amide bonds. The largest absolute Gasteiger partial charge is 0.362 e. The fourth-order valence-electron chi connectivity index (χ4n) is 3.38. The van der Waals surface area contributed by atoms with Gasteiger partial charge < -0.3 is 10.2 Å². The van der Waals surface area contributed by atoms with E-state index in [2.05, 4.69) is 43.4 Å². The van der Waals surface area contributed by atoms with Crippen LogP contribution >= 0.6 is 0 Å². The highest BCUT2D eigenvalue weighted by atomic mass is 16.2. The van der Waals surface area contributed by atoms with E-state index in [1.54, 1.807) is 0 Å². The van der Waals surface area contributed by atoms with Crippen LogP contribution in [0.3, 0.4) is 0 Å². The van der Waals surface area contributed by atoms with E-state index in [9.17, 15) is 4.79 Å². The van der Waals surface area contributed by atoms with Crippen molar-refractivity contribution in [3.05, 3.63) is 77.4 Å². The molecule has 0 saturated carbocycles. The van der Waals surface area contributed by atoms with Crippen LogP contribution in [0.5, 0.6) is 0 Å². The van der Waals surface area contributed by atoms with Crippen LogP contribution in [0, 0.1) is 0 Å². The molecular weight excluding hydrogens is 308 g/mol. The zero-order chi connectivity index (χ0) is 17.8. The zero-order valence-corrected chi connectivity index (χ0v) is 15.2. The van der Waals surface area contributed by atoms with Crippen LogP contribution in [-0.2, 0) is 11.2 Å². The van der Waals surface area contributed by atoms with Gasteiger partial charge in [0.05, 0.1) is 0 Å². The van der Waals surface area contributed by atoms with Crippen LogP contribution < -0.4 is 5.32 Å². The van der Waals surface area contributed by atoms with Gasteiger partial charge in [-0.2, -0.15) is 0 Å². The number of carbonyl (C=O) groups is 1. The van der Waals surface area contributed by atoms with E-state index >= 15 is 0 Å². The van der Waals surface area contributed by atoms with Gasteiger partial charge in [-0.05, 0) is 56.9 Å². The van der Waals surface area contributed by atoms with Gasteiger partial charge in [0.2, 0.25) is 0 Å². The van der Waals surface area contributed by atoms with E-state index in [0.29, 0.717) is 0 Å². The maximum absolute atomic E-state index is 12.8. The minimum Gasteiger partial charge on any atom is -0.362 e. The van der Waals surface area contributed by atoms with Gasteiger partial charge >= 0.3 is 0 Å². The molecule has 1 heterocycles. The van der Waals surface area contributed by atoms with Gasteiger partial charge in [-0.25, -0.2) is 0 Å². The Morgan fingerprint density at radius 2 is 1.60 bits per heavy atom. The number of para-hydroxylation sites is 1. The van der Waals surface area contributed by atoms with Crippen molar-refractivity contribution >= 4 is 11.6 Å². The number of aryl methyl sites for hydroxylation is 1. The van der Waals surface area contributed by atoms with Crippen molar-refractivity contribution in [2.75, 3.05) is 5.32 Å². The van der Waals surface area contributed by atoms with Crippen molar-refractivity contribution in [2.45, 2.75) is 45.8 Å². The lowest BCUT2D eigenvalue weighted by Crippen LogP contribution is -2.46. The molecular formula is C22H26N2O. The number of carbonyl (C=O) groups excluding carboxylic acids is 1. The summed E-state index contributed by atoms with van der Waals surface area (Å²) in [6, 6.07) is 20.7. The summed E-state index contributed by atoms with van der Waals surface area (Å²) in [4.78, 5) is 14.8. The molecule has 1 aliphatic rings. The summed E-state index contributed by atoms with van der Waals surface area (Å²) in [5, 5.41) is 3.53. The van der Waals surface area contributed by atoms with Gasteiger partial charge in [0.15, 0.2) is 0 Å². The zero-order valence-electron chi connectivity index (χ0n) is 15.2.